The van der Waals surface area contributed by atoms with E-state index >= 15 is 0 Å². The second kappa shape index (κ2) is 8.28. The van der Waals surface area contributed by atoms with Gasteiger partial charge in [0.1, 0.15) is 0 Å². The number of esters is 1. The van der Waals surface area contributed by atoms with Crippen LogP contribution in [0.3, 0.4) is 0 Å². The molecule has 0 bridgehead atoms. The highest BCUT2D eigenvalue weighted by Gasteiger charge is 2.21. The largest absolute Gasteiger partial charge is 0.462 e. The van der Waals surface area contributed by atoms with Gasteiger partial charge in [0.25, 0.3) is 0 Å². The number of rotatable bonds is 5. The van der Waals surface area contributed by atoms with Gasteiger partial charge in [-0.3, -0.25) is 4.79 Å². The summed E-state index contributed by atoms with van der Waals surface area (Å²) >= 11 is 3.52. The quantitative estimate of drug-likeness (QED) is 0.267. The fraction of sp³-hybridized carbons (Fsp3) is 0.120. The lowest BCUT2D eigenvalue weighted by atomic mass is 10.0. The zero-order valence-corrected chi connectivity index (χ0v) is 18.3. The van der Waals surface area contributed by atoms with Crippen LogP contribution in [0.2, 0.25) is 0 Å². The first-order valence-electron chi connectivity index (χ1n) is 9.68. The average molecular weight is 462 g/mol. The van der Waals surface area contributed by atoms with E-state index in [2.05, 4.69) is 15.9 Å². The van der Waals surface area contributed by atoms with Crippen molar-refractivity contribution in [2.24, 2.45) is 0 Å². The molecule has 0 unspecified atom stereocenters. The maximum absolute atomic E-state index is 13.4. The monoisotopic (exact) mass is 461 g/mol. The van der Waals surface area contributed by atoms with Gasteiger partial charge in [0.2, 0.25) is 5.78 Å². The number of ether oxygens (including phenoxy) is 1. The smallest absolute Gasteiger partial charge is 0.338 e. The Morgan fingerprint density at radius 2 is 1.77 bits per heavy atom. The van der Waals surface area contributed by atoms with Gasteiger partial charge in [-0.25, -0.2) is 4.79 Å². The molecule has 0 fully saturated rings. The molecule has 150 valence electrons. The number of halogens is 1. The Balaban J connectivity index is 1.82. The summed E-state index contributed by atoms with van der Waals surface area (Å²) in [6.45, 7) is 4.05. The van der Waals surface area contributed by atoms with Crippen molar-refractivity contribution in [3.05, 3.63) is 99.8 Å². The van der Waals surface area contributed by atoms with Crippen molar-refractivity contribution in [2.45, 2.75) is 13.8 Å². The summed E-state index contributed by atoms with van der Waals surface area (Å²) in [5.41, 5.74) is 5.45. The Morgan fingerprint density at radius 3 is 2.47 bits per heavy atom. The third-order valence-electron chi connectivity index (χ3n) is 5.07. The molecule has 4 rings (SSSR count). The van der Waals surface area contributed by atoms with Crippen molar-refractivity contribution in [1.29, 1.82) is 0 Å². The zero-order valence-electron chi connectivity index (χ0n) is 16.7. The maximum Gasteiger partial charge on any atom is 0.338 e. The summed E-state index contributed by atoms with van der Waals surface area (Å²) in [5.74, 6) is -0.387. The lowest BCUT2D eigenvalue weighted by molar-refractivity contribution is 0.0526. The Kier molecular flexibility index (Phi) is 5.55. The molecule has 0 saturated heterocycles. The third kappa shape index (κ3) is 3.57. The number of carbonyl (C=O) groups excluding carboxylic acids is 2. The molecule has 0 N–H and O–H groups in total. The summed E-state index contributed by atoms with van der Waals surface area (Å²) < 4.78 is 7.75. The van der Waals surface area contributed by atoms with E-state index in [4.69, 9.17) is 4.74 Å². The highest BCUT2D eigenvalue weighted by atomic mass is 79.9. The Labute approximate surface area is 183 Å². The minimum Gasteiger partial charge on any atom is -0.462 e. The van der Waals surface area contributed by atoms with Crippen LogP contribution in [0.5, 0.6) is 0 Å². The first-order valence-corrected chi connectivity index (χ1v) is 10.5. The fourth-order valence-corrected chi connectivity index (χ4v) is 4.25. The standard InChI is InChI=1S/C25H20BrNO3/c1-3-30-25(29)18-12-10-17(11-13-18)19-15-22(27-14-5-4-9-21(19)27)24(28)23-16(2)7-6-8-20(23)26/h4-15H,3H2,1-2H3. The van der Waals surface area contributed by atoms with Crippen LogP contribution >= 0.6 is 15.9 Å². The van der Waals surface area contributed by atoms with Crippen LogP contribution in [0.4, 0.5) is 0 Å². The minimum atomic E-state index is -0.342. The minimum absolute atomic E-state index is 0.0458. The molecule has 2 heterocycles. The summed E-state index contributed by atoms with van der Waals surface area (Å²) in [5, 5.41) is 0. The SMILES string of the molecule is CCOC(=O)c1ccc(-c2cc(C(=O)c3c(C)cccc3Br)n3ccccc23)cc1. The van der Waals surface area contributed by atoms with E-state index in [1.54, 1.807) is 19.1 Å². The van der Waals surface area contributed by atoms with Gasteiger partial charge in [-0.15, -0.1) is 0 Å². The molecule has 2 aromatic carbocycles. The van der Waals surface area contributed by atoms with Crippen LogP contribution in [0.25, 0.3) is 16.6 Å². The van der Waals surface area contributed by atoms with Gasteiger partial charge in [-0.05, 0) is 61.4 Å². The van der Waals surface area contributed by atoms with Gasteiger partial charge < -0.3 is 9.14 Å². The van der Waals surface area contributed by atoms with E-state index in [9.17, 15) is 9.59 Å². The van der Waals surface area contributed by atoms with E-state index in [0.717, 1.165) is 26.7 Å². The number of hydrogen-bond acceptors (Lipinski definition) is 3. The summed E-state index contributed by atoms with van der Waals surface area (Å²) in [6.07, 6.45) is 1.89. The van der Waals surface area contributed by atoms with E-state index in [1.165, 1.54) is 0 Å². The number of ketones is 1. The highest BCUT2D eigenvalue weighted by Crippen LogP contribution is 2.31. The maximum atomic E-state index is 13.4. The van der Waals surface area contributed by atoms with Crippen molar-refractivity contribution in [2.75, 3.05) is 6.61 Å². The van der Waals surface area contributed by atoms with E-state index in [0.29, 0.717) is 23.4 Å². The van der Waals surface area contributed by atoms with Gasteiger partial charge in [0, 0.05) is 21.8 Å². The molecule has 30 heavy (non-hydrogen) atoms. The highest BCUT2D eigenvalue weighted by molar-refractivity contribution is 9.10. The van der Waals surface area contributed by atoms with Crippen molar-refractivity contribution in [1.82, 2.24) is 4.40 Å². The molecule has 0 amide bonds. The molecule has 0 saturated carbocycles. The van der Waals surface area contributed by atoms with Gasteiger partial charge in [0.15, 0.2) is 0 Å². The first kappa shape index (κ1) is 20.1. The number of fused-ring (bicyclic) bond motifs is 1. The van der Waals surface area contributed by atoms with Gasteiger partial charge in [-0.1, -0.05) is 46.3 Å². The van der Waals surface area contributed by atoms with E-state index < -0.39 is 0 Å². The van der Waals surface area contributed by atoms with Crippen LogP contribution in [-0.2, 0) is 4.74 Å². The number of hydrogen-bond donors (Lipinski definition) is 0. The number of pyridine rings is 1. The lowest BCUT2D eigenvalue weighted by Crippen LogP contribution is -2.07. The lowest BCUT2D eigenvalue weighted by Gasteiger charge is -2.07. The Bertz CT molecular complexity index is 1240. The predicted octanol–water partition coefficient (Wildman–Crippen LogP) is 6.08. The van der Waals surface area contributed by atoms with Crippen molar-refractivity contribution >= 4 is 33.2 Å². The first-order chi connectivity index (χ1) is 14.5. The molecule has 2 aromatic heterocycles. The Morgan fingerprint density at radius 1 is 1.00 bits per heavy atom. The molecule has 0 aliphatic rings. The molecule has 4 nitrogen and oxygen atoms in total. The second-order valence-electron chi connectivity index (χ2n) is 6.96. The normalized spacial score (nSPS) is 10.9. The fourth-order valence-electron chi connectivity index (χ4n) is 3.61. The van der Waals surface area contributed by atoms with Crippen LogP contribution in [-0.4, -0.2) is 22.8 Å². The molecule has 0 aliphatic heterocycles. The van der Waals surface area contributed by atoms with Crippen LogP contribution in [0, 0.1) is 6.92 Å². The third-order valence-corrected chi connectivity index (χ3v) is 5.73. The van der Waals surface area contributed by atoms with E-state index in [-0.39, 0.29) is 11.8 Å². The summed E-state index contributed by atoms with van der Waals surface area (Å²) in [6, 6.07) is 20.7. The molecular formula is C25H20BrNO3. The molecule has 0 atom stereocenters. The van der Waals surface area contributed by atoms with Gasteiger partial charge in [-0.2, -0.15) is 0 Å². The summed E-state index contributed by atoms with van der Waals surface area (Å²) in [7, 11) is 0. The number of aryl methyl sites for hydroxylation is 1. The molecular weight excluding hydrogens is 442 g/mol. The van der Waals surface area contributed by atoms with Crippen molar-refractivity contribution in [3.63, 3.8) is 0 Å². The van der Waals surface area contributed by atoms with Crippen LogP contribution in [0.1, 0.15) is 38.9 Å². The Hall–Kier alpha value is -3.18. The number of nitrogens with zero attached hydrogens (tertiary/aromatic N) is 1. The van der Waals surface area contributed by atoms with Gasteiger partial charge >= 0.3 is 5.97 Å². The predicted molar refractivity (Wildman–Crippen MR) is 121 cm³/mol. The van der Waals surface area contributed by atoms with Crippen LogP contribution < -0.4 is 0 Å². The summed E-state index contributed by atoms with van der Waals surface area (Å²) in [4.78, 5) is 25.4. The second-order valence-corrected chi connectivity index (χ2v) is 7.81. The zero-order chi connectivity index (χ0) is 21.3. The molecule has 5 heteroatoms. The molecule has 0 spiro atoms. The van der Waals surface area contributed by atoms with E-state index in [1.807, 2.05) is 72.1 Å². The molecule has 0 radical (unpaired) electrons. The molecule has 0 aliphatic carbocycles. The number of carbonyl (C=O) groups is 2. The van der Waals surface area contributed by atoms with Gasteiger partial charge in [0.05, 0.1) is 23.4 Å². The average Bonchev–Trinajstić information content (AvgIpc) is 3.13. The number of benzene rings is 2. The van der Waals surface area contributed by atoms with Crippen LogP contribution in [0.15, 0.2) is 77.4 Å². The van der Waals surface area contributed by atoms with Crippen molar-refractivity contribution in [3.8, 4) is 11.1 Å². The number of aromatic nitrogens is 1. The topological polar surface area (TPSA) is 47.8 Å². The van der Waals surface area contributed by atoms with Crippen molar-refractivity contribution < 1.29 is 14.3 Å². The molecule has 4 aromatic rings.